The Kier molecular flexibility index (Phi) is 2.42. The van der Waals surface area contributed by atoms with Crippen LogP contribution in [-0.2, 0) is 0 Å². The van der Waals surface area contributed by atoms with E-state index >= 15 is 0 Å². The number of hydrogen-bond acceptors (Lipinski definition) is 3. The van der Waals surface area contributed by atoms with E-state index in [0.29, 0.717) is 5.92 Å². The number of rotatable bonds is 1. The number of aliphatic hydroxyl groups excluding tert-OH is 1. The summed E-state index contributed by atoms with van der Waals surface area (Å²) in [6.07, 6.45) is 5.92. The molecule has 0 bridgehead atoms. The standard InChI is InChI=1S/C9H13NOS/c11-8-3-1-7(2-4-8)9-10-5-6-12-9/h5-8,11H,1-4H2. The number of hydrogen-bond donors (Lipinski definition) is 1. The molecule has 0 aliphatic heterocycles. The molecule has 1 aliphatic rings. The lowest BCUT2D eigenvalue weighted by Crippen LogP contribution is -2.16. The van der Waals surface area contributed by atoms with E-state index < -0.39 is 0 Å². The first-order valence-corrected chi connectivity index (χ1v) is 5.31. The van der Waals surface area contributed by atoms with Gasteiger partial charge in [0.2, 0.25) is 0 Å². The monoisotopic (exact) mass is 183 g/mol. The van der Waals surface area contributed by atoms with Crippen LogP contribution in [0.3, 0.4) is 0 Å². The lowest BCUT2D eigenvalue weighted by Gasteiger charge is -2.23. The first kappa shape index (κ1) is 8.20. The normalized spacial score (nSPS) is 30.4. The van der Waals surface area contributed by atoms with Crippen molar-refractivity contribution in [1.82, 2.24) is 4.98 Å². The van der Waals surface area contributed by atoms with Crippen LogP contribution in [-0.4, -0.2) is 16.2 Å². The summed E-state index contributed by atoms with van der Waals surface area (Å²) in [7, 11) is 0. The lowest BCUT2D eigenvalue weighted by atomic mass is 9.88. The molecule has 0 unspecified atom stereocenters. The Morgan fingerprint density at radius 3 is 2.67 bits per heavy atom. The maximum Gasteiger partial charge on any atom is 0.0955 e. The highest BCUT2D eigenvalue weighted by Gasteiger charge is 2.21. The van der Waals surface area contributed by atoms with Gasteiger partial charge in [-0.3, -0.25) is 0 Å². The van der Waals surface area contributed by atoms with Crippen molar-refractivity contribution in [2.24, 2.45) is 0 Å². The van der Waals surface area contributed by atoms with E-state index in [0.717, 1.165) is 25.7 Å². The number of thiazole rings is 1. The molecule has 1 heterocycles. The van der Waals surface area contributed by atoms with Gasteiger partial charge >= 0.3 is 0 Å². The Bertz CT molecular complexity index is 227. The highest BCUT2D eigenvalue weighted by Crippen LogP contribution is 2.33. The minimum Gasteiger partial charge on any atom is -0.393 e. The lowest BCUT2D eigenvalue weighted by molar-refractivity contribution is 0.122. The number of aromatic nitrogens is 1. The Hall–Kier alpha value is -0.410. The van der Waals surface area contributed by atoms with Crippen LogP contribution in [0.2, 0.25) is 0 Å². The predicted molar refractivity (Wildman–Crippen MR) is 49.3 cm³/mol. The summed E-state index contributed by atoms with van der Waals surface area (Å²) in [4.78, 5) is 4.30. The molecular formula is C9H13NOS. The van der Waals surface area contributed by atoms with Gasteiger partial charge in [0.05, 0.1) is 11.1 Å². The smallest absolute Gasteiger partial charge is 0.0955 e. The molecule has 1 aromatic heterocycles. The van der Waals surface area contributed by atoms with E-state index in [4.69, 9.17) is 0 Å². The van der Waals surface area contributed by atoms with Crippen molar-refractivity contribution >= 4 is 11.3 Å². The number of nitrogens with zero attached hydrogens (tertiary/aromatic N) is 1. The molecule has 0 radical (unpaired) electrons. The van der Waals surface area contributed by atoms with Crippen LogP contribution in [0.25, 0.3) is 0 Å². The minimum atomic E-state index is -0.0544. The Balaban J connectivity index is 1.99. The van der Waals surface area contributed by atoms with Crippen LogP contribution >= 0.6 is 11.3 Å². The zero-order valence-corrected chi connectivity index (χ0v) is 7.76. The molecule has 2 rings (SSSR count). The van der Waals surface area contributed by atoms with Gasteiger partial charge in [-0.05, 0) is 25.7 Å². The molecule has 0 atom stereocenters. The van der Waals surface area contributed by atoms with Crippen LogP contribution < -0.4 is 0 Å². The second kappa shape index (κ2) is 3.54. The van der Waals surface area contributed by atoms with Gasteiger partial charge in [-0.2, -0.15) is 0 Å². The van der Waals surface area contributed by atoms with Gasteiger partial charge in [0.1, 0.15) is 0 Å². The Morgan fingerprint density at radius 1 is 1.33 bits per heavy atom. The largest absolute Gasteiger partial charge is 0.393 e. The third-order valence-corrected chi connectivity index (χ3v) is 3.44. The summed E-state index contributed by atoms with van der Waals surface area (Å²) in [6, 6.07) is 0. The van der Waals surface area contributed by atoms with Gasteiger partial charge in [0.15, 0.2) is 0 Å². The molecule has 66 valence electrons. The summed E-state index contributed by atoms with van der Waals surface area (Å²) in [5, 5.41) is 12.6. The second-order valence-electron chi connectivity index (χ2n) is 3.38. The van der Waals surface area contributed by atoms with Crippen LogP contribution in [0.1, 0.15) is 36.6 Å². The fourth-order valence-electron chi connectivity index (χ4n) is 1.76. The summed E-state index contributed by atoms with van der Waals surface area (Å²) in [5.74, 6) is 0.619. The first-order valence-electron chi connectivity index (χ1n) is 4.43. The summed E-state index contributed by atoms with van der Waals surface area (Å²) in [5.41, 5.74) is 0. The van der Waals surface area contributed by atoms with Gasteiger partial charge in [-0.25, -0.2) is 4.98 Å². The SMILES string of the molecule is OC1CCC(c2nccs2)CC1. The summed E-state index contributed by atoms with van der Waals surface area (Å²) in [6.45, 7) is 0. The summed E-state index contributed by atoms with van der Waals surface area (Å²) >= 11 is 1.74. The molecule has 1 aromatic rings. The molecule has 12 heavy (non-hydrogen) atoms. The maximum atomic E-state index is 9.31. The molecule has 1 aliphatic carbocycles. The van der Waals surface area contributed by atoms with Crippen LogP contribution in [0.4, 0.5) is 0 Å². The highest BCUT2D eigenvalue weighted by molar-refractivity contribution is 7.09. The van der Waals surface area contributed by atoms with E-state index in [1.54, 1.807) is 11.3 Å². The van der Waals surface area contributed by atoms with Gasteiger partial charge in [-0.15, -0.1) is 11.3 Å². The molecule has 0 spiro atoms. The first-order chi connectivity index (χ1) is 5.86. The molecular weight excluding hydrogens is 170 g/mol. The van der Waals surface area contributed by atoms with Crippen LogP contribution in [0, 0.1) is 0 Å². The molecule has 0 aromatic carbocycles. The highest BCUT2D eigenvalue weighted by atomic mass is 32.1. The van der Waals surface area contributed by atoms with Crippen LogP contribution in [0.15, 0.2) is 11.6 Å². The van der Waals surface area contributed by atoms with E-state index in [9.17, 15) is 5.11 Å². The molecule has 0 amide bonds. The maximum absolute atomic E-state index is 9.31. The van der Waals surface area contributed by atoms with Crippen molar-refractivity contribution in [3.05, 3.63) is 16.6 Å². The van der Waals surface area contributed by atoms with Crippen molar-refractivity contribution in [2.45, 2.75) is 37.7 Å². The Morgan fingerprint density at radius 2 is 2.08 bits per heavy atom. The topological polar surface area (TPSA) is 33.1 Å². The zero-order chi connectivity index (χ0) is 8.39. The van der Waals surface area contributed by atoms with Gasteiger partial charge in [-0.1, -0.05) is 0 Å². The molecule has 1 fully saturated rings. The quantitative estimate of drug-likeness (QED) is 0.723. The van der Waals surface area contributed by atoms with Gasteiger partial charge in [0.25, 0.3) is 0 Å². The average molecular weight is 183 g/mol. The molecule has 3 heteroatoms. The van der Waals surface area contributed by atoms with Crippen molar-refractivity contribution in [1.29, 1.82) is 0 Å². The molecule has 0 saturated heterocycles. The van der Waals surface area contributed by atoms with Crippen molar-refractivity contribution in [2.75, 3.05) is 0 Å². The van der Waals surface area contributed by atoms with Crippen LogP contribution in [0.5, 0.6) is 0 Å². The van der Waals surface area contributed by atoms with E-state index in [1.165, 1.54) is 5.01 Å². The zero-order valence-electron chi connectivity index (χ0n) is 6.94. The minimum absolute atomic E-state index is 0.0544. The second-order valence-corrected chi connectivity index (χ2v) is 4.30. The fourth-order valence-corrected chi connectivity index (χ4v) is 2.57. The van der Waals surface area contributed by atoms with E-state index in [1.807, 2.05) is 11.6 Å². The van der Waals surface area contributed by atoms with Crippen molar-refractivity contribution in [3.63, 3.8) is 0 Å². The fraction of sp³-hybridized carbons (Fsp3) is 0.667. The molecule has 1 N–H and O–H groups in total. The third kappa shape index (κ3) is 1.67. The predicted octanol–water partition coefficient (Wildman–Crippen LogP) is 2.16. The summed E-state index contributed by atoms with van der Waals surface area (Å²) < 4.78 is 0. The van der Waals surface area contributed by atoms with E-state index in [-0.39, 0.29) is 6.10 Å². The Labute approximate surface area is 76.3 Å². The molecule has 2 nitrogen and oxygen atoms in total. The molecule has 1 saturated carbocycles. The average Bonchev–Trinajstić information content (AvgIpc) is 2.58. The van der Waals surface area contributed by atoms with E-state index in [2.05, 4.69) is 4.98 Å². The van der Waals surface area contributed by atoms with Gasteiger partial charge in [0, 0.05) is 17.5 Å². The number of aliphatic hydroxyl groups is 1. The van der Waals surface area contributed by atoms with Crippen molar-refractivity contribution in [3.8, 4) is 0 Å². The third-order valence-electron chi connectivity index (χ3n) is 2.50. The van der Waals surface area contributed by atoms with Gasteiger partial charge < -0.3 is 5.11 Å². The van der Waals surface area contributed by atoms with Crippen molar-refractivity contribution < 1.29 is 5.11 Å².